The second-order valence-corrected chi connectivity index (χ2v) is 9.74. The summed E-state index contributed by atoms with van der Waals surface area (Å²) in [5.74, 6) is -2.82. The van der Waals surface area contributed by atoms with Gasteiger partial charge < -0.3 is 24.3 Å². The molecule has 2 aromatic carbocycles. The van der Waals surface area contributed by atoms with E-state index in [1.54, 1.807) is 29.0 Å². The number of anilines is 1. The first kappa shape index (κ1) is 26.7. The number of rotatable bonds is 10. The van der Waals surface area contributed by atoms with E-state index in [2.05, 4.69) is 10.1 Å². The quantitative estimate of drug-likeness (QED) is 0.382. The lowest BCUT2D eigenvalue weighted by molar-refractivity contribution is -0.119. The zero-order valence-electron chi connectivity index (χ0n) is 21.1. The maximum absolute atomic E-state index is 15.2. The van der Waals surface area contributed by atoms with Crippen LogP contribution < -0.4 is 25.2 Å². The molecule has 11 heteroatoms. The van der Waals surface area contributed by atoms with Gasteiger partial charge in [0.2, 0.25) is 5.91 Å². The third-order valence-corrected chi connectivity index (χ3v) is 7.09. The number of benzene rings is 2. The molecule has 1 aromatic heterocycles. The van der Waals surface area contributed by atoms with Crippen molar-refractivity contribution in [2.45, 2.75) is 44.5 Å². The number of pyridine rings is 1. The summed E-state index contributed by atoms with van der Waals surface area (Å²) in [7, 11) is 1.29. The molecule has 2 fully saturated rings. The number of ether oxygens (including phenoxy) is 2. The Morgan fingerprint density at radius 1 is 1.03 bits per heavy atom. The van der Waals surface area contributed by atoms with Crippen molar-refractivity contribution in [1.82, 2.24) is 9.88 Å². The van der Waals surface area contributed by atoms with Gasteiger partial charge in [-0.25, -0.2) is 8.78 Å². The number of nitrogens with zero attached hydrogens (tertiary/aromatic N) is 2. The molecule has 206 valence electrons. The number of amides is 1. The first-order valence-electron chi connectivity index (χ1n) is 12.6. The minimum atomic E-state index is -2.96. The van der Waals surface area contributed by atoms with Crippen molar-refractivity contribution < 1.29 is 31.8 Å². The highest BCUT2D eigenvalue weighted by Gasteiger charge is 2.45. The number of nitrogens with one attached hydrogen (secondary N) is 1. The summed E-state index contributed by atoms with van der Waals surface area (Å²) in [6, 6.07) is 10.0. The molecule has 2 aliphatic rings. The molecule has 0 unspecified atom stereocenters. The fourth-order valence-corrected chi connectivity index (χ4v) is 4.94. The molecule has 1 aliphatic heterocycles. The van der Waals surface area contributed by atoms with E-state index in [9.17, 15) is 18.4 Å². The minimum absolute atomic E-state index is 0.00318. The van der Waals surface area contributed by atoms with Gasteiger partial charge in [0.25, 0.3) is 5.56 Å². The van der Waals surface area contributed by atoms with Gasteiger partial charge in [0, 0.05) is 49.4 Å². The van der Waals surface area contributed by atoms with Crippen LogP contribution in [0.3, 0.4) is 0 Å². The van der Waals surface area contributed by atoms with Gasteiger partial charge in [-0.05, 0) is 48.6 Å². The van der Waals surface area contributed by atoms with Crippen molar-refractivity contribution in [3.63, 3.8) is 0 Å². The van der Waals surface area contributed by atoms with E-state index in [1.165, 1.54) is 30.2 Å². The Hall–Kier alpha value is -3.86. The predicted molar refractivity (Wildman–Crippen MR) is 135 cm³/mol. The smallest absolute Gasteiger partial charge is 0.387 e. The molecule has 2 heterocycles. The van der Waals surface area contributed by atoms with E-state index >= 15 is 8.78 Å². The summed E-state index contributed by atoms with van der Waals surface area (Å²) in [5.41, 5.74) is 0.130. The van der Waals surface area contributed by atoms with Crippen LogP contribution in [0.5, 0.6) is 11.5 Å². The fraction of sp³-hybridized carbons (Fsp3) is 0.357. The molecular formula is C28H27F4N3O4. The first-order chi connectivity index (χ1) is 18.7. The summed E-state index contributed by atoms with van der Waals surface area (Å²) in [6.45, 7) is -2.44. The summed E-state index contributed by atoms with van der Waals surface area (Å²) in [6.07, 6.45) is 3.75. The Labute approximate surface area is 221 Å². The topological polar surface area (TPSA) is 72.8 Å². The average Bonchev–Trinajstić information content (AvgIpc) is 3.66. The Morgan fingerprint density at radius 3 is 2.33 bits per heavy atom. The van der Waals surface area contributed by atoms with Crippen molar-refractivity contribution in [1.29, 1.82) is 0 Å². The second-order valence-electron chi connectivity index (χ2n) is 9.74. The molecule has 5 rings (SSSR count). The van der Waals surface area contributed by atoms with E-state index in [-0.39, 0.29) is 41.4 Å². The predicted octanol–water partition coefficient (Wildman–Crippen LogP) is 4.44. The van der Waals surface area contributed by atoms with E-state index in [0.29, 0.717) is 18.0 Å². The molecule has 3 aromatic rings. The maximum Gasteiger partial charge on any atom is 0.387 e. The lowest BCUT2D eigenvalue weighted by Gasteiger charge is -2.20. The summed E-state index contributed by atoms with van der Waals surface area (Å²) < 4.78 is 66.1. The number of hydrogen-bond acceptors (Lipinski definition) is 5. The molecule has 39 heavy (non-hydrogen) atoms. The highest BCUT2D eigenvalue weighted by Crippen LogP contribution is 2.36. The number of alkyl halides is 2. The van der Waals surface area contributed by atoms with Crippen LogP contribution in [0.15, 0.2) is 59.5 Å². The Kier molecular flexibility index (Phi) is 7.60. The number of methoxy groups -OCH3 is 1. The summed E-state index contributed by atoms with van der Waals surface area (Å²) >= 11 is 0. The van der Waals surface area contributed by atoms with Gasteiger partial charge in [-0.2, -0.15) is 8.78 Å². The number of aromatic nitrogens is 1. The first-order valence-corrected chi connectivity index (χ1v) is 12.6. The van der Waals surface area contributed by atoms with E-state index in [0.717, 1.165) is 25.0 Å². The Balaban J connectivity index is 1.45. The Bertz CT molecular complexity index is 1390. The summed E-state index contributed by atoms with van der Waals surface area (Å²) in [5, 5.41) is 3.06. The maximum atomic E-state index is 15.2. The third kappa shape index (κ3) is 5.78. The van der Waals surface area contributed by atoms with Crippen molar-refractivity contribution >= 4 is 11.6 Å². The number of halogens is 4. The molecule has 0 radical (unpaired) electrons. The molecule has 7 nitrogen and oxygen atoms in total. The van der Waals surface area contributed by atoms with Crippen LogP contribution in [0.4, 0.5) is 23.2 Å². The van der Waals surface area contributed by atoms with Gasteiger partial charge >= 0.3 is 6.61 Å². The van der Waals surface area contributed by atoms with Gasteiger partial charge in [-0.1, -0.05) is 12.1 Å². The highest BCUT2D eigenvalue weighted by molar-refractivity contribution is 6.00. The molecule has 1 saturated heterocycles. The van der Waals surface area contributed by atoms with Crippen LogP contribution in [0.2, 0.25) is 0 Å². The molecule has 2 atom stereocenters. The van der Waals surface area contributed by atoms with Crippen molar-refractivity contribution in [3.05, 3.63) is 87.8 Å². The summed E-state index contributed by atoms with van der Waals surface area (Å²) in [4.78, 5) is 28.2. The number of carbonyl (C=O) groups excluding carboxylic acids is 1. The van der Waals surface area contributed by atoms with Gasteiger partial charge in [-0.15, -0.1) is 0 Å². The van der Waals surface area contributed by atoms with Gasteiger partial charge in [-0.3, -0.25) is 9.59 Å². The lowest BCUT2D eigenvalue weighted by atomic mass is 9.92. The number of carbonyl (C=O) groups is 1. The molecule has 1 aliphatic carbocycles. The van der Waals surface area contributed by atoms with Crippen LogP contribution in [0.25, 0.3) is 0 Å². The van der Waals surface area contributed by atoms with Crippen LogP contribution in [-0.2, 0) is 17.9 Å². The minimum Gasteiger partial charge on any atom is -0.497 e. The fourth-order valence-electron chi connectivity index (χ4n) is 4.94. The van der Waals surface area contributed by atoms with Crippen molar-refractivity contribution in [3.8, 4) is 11.5 Å². The molecule has 1 amide bonds. The molecule has 0 spiro atoms. The number of hydrogen-bond donors (Lipinski definition) is 1. The monoisotopic (exact) mass is 545 g/mol. The van der Waals surface area contributed by atoms with Gasteiger partial charge in [0.1, 0.15) is 28.8 Å². The molecular weight excluding hydrogens is 518 g/mol. The van der Waals surface area contributed by atoms with E-state index in [1.807, 2.05) is 0 Å². The van der Waals surface area contributed by atoms with Crippen molar-refractivity contribution in [2.75, 3.05) is 18.6 Å². The third-order valence-electron chi connectivity index (χ3n) is 7.09. The van der Waals surface area contributed by atoms with Gasteiger partial charge in [0.15, 0.2) is 0 Å². The molecule has 1 N–H and O–H groups in total. The van der Waals surface area contributed by atoms with Crippen LogP contribution in [0, 0.1) is 17.6 Å². The SMILES string of the molecule is COc1cc(F)c([C@@H]2CN(c3cccn(CC4CC4)c3=O)C(=O)[C@H]2NCc2ccc(OC(F)F)cc2)c(F)c1. The Morgan fingerprint density at radius 2 is 1.72 bits per heavy atom. The lowest BCUT2D eigenvalue weighted by Crippen LogP contribution is -2.41. The van der Waals surface area contributed by atoms with Crippen LogP contribution in [-0.4, -0.2) is 36.8 Å². The van der Waals surface area contributed by atoms with Gasteiger partial charge in [0.05, 0.1) is 13.2 Å². The van der Waals surface area contributed by atoms with E-state index in [4.69, 9.17) is 4.74 Å². The standard InChI is InChI=1S/C28H27F4N3O4/c1-38-19-11-21(29)24(22(30)12-19)20-15-35(23-3-2-10-34(26(23)36)14-17-4-5-17)27(37)25(20)33-13-16-6-8-18(9-7-16)39-28(31)32/h2-3,6-12,17,20,25,28,33H,4-5,13-15H2,1H3/t20-,25-/m0/s1. The average molecular weight is 546 g/mol. The normalized spacial score (nSPS) is 19.1. The molecule has 1 saturated carbocycles. The molecule has 0 bridgehead atoms. The zero-order valence-corrected chi connectivity index (χ0v) is 21.1. The zero-order chi connectivity index (χ0) is 27.7. The van der Waals surface area contributed by atoms with Crippen LogP contribution in [0.1, 0.15) is 29.9 Å². The van der Waals surface area contributed by atoms with Crippen molar-refractivity contribution in [2.24, 2.45) is 5.92 Å². The second kappa shape index (κ2) is 11.1. The highest BCUT2D eigenvalue weighted by atomic mass is 19.3. The largest absolute Gasteiger partial charge is 0.497 e. The van der Waals surface area contributed by atoms with Crippen LogP contribution >= 0.6 is 0 Å². The van der Waals surface area contributed by atoms with E-state index < -0.39 is 36.1 Å².